The first-order valence-electron chi connectivity index (χ1n) is 11.4. The first-order chi connectivity index (χ1) is 15.9. The highest BCUT2D eigenvalue weighted by atomic mass is 35.5. The number of carbonyl (C=O) groups is 1. The molecule has 0 unspecified atom stereocenters. The number of nitrogens with zero attached hydrogens (tertiary/aromatic N) is 1. The van der Waals surface area contributed by atoms with Gasteiger partial charge in [0.25, 0.3) is 5.91 Å². The molecule has 0 atom stereocenters. The van der Waals surface area contributed by atoms with Crippen molar-refractivity contribution < 1.29 is 18.0 Å². The van der Waals surface area contributed by atoms with Gasteiger partial charge in [-0.05, 0) is 74.7 Å². The number of carbonyl (C=O) groups excluding carboxylic acids is 1. The molecule has 2 aromatic carbocycles. The van der Waals surface area contributed by atoms with Crippen LogP contribution in [0.3, 0.4) is 0 Å². The largest absolute Gasteiger partial charge is 0.416 e. The Morgan fingerprint density at radius 3 is 2.54 bits per heavy atom. The molecule has 3 N–H and O–H groups in total. The molecule has 0 bridgehead atoms. The van der Waals surface area contributed by atoms with E-state index >= 15 is 0 Å². The second kappa shape index (κ2) is 13.0. The molecule has 35 heavy (non-hydrogen) atoms. The predicted molar refractivity (Wildman–Crippen MR) is 139 cm³/mol. The number of unbranched alkanes of at least 4 members (excludes halogenated alkanes) is 1. The van der Waals surface area contributed by atoms with Gasteiger partial charge in [0, 0.05) is 54.0 Å². The third-order valence-electron chi connectivity index (χ3n) is 6.15. The van der Waals surface area contributed by atoms with Crippen LogP contribution in [0.4, 0.5) is 18.9 Å². The number of benzene rings is 2. The topological polar surface area (TPSA) is 60.2 Å². The lowest BCUT2D eigenvalue weighted by Gasteiger charge is -2.33. The Morgan fingerprint density at radius 2 is 1.80 bits per heavy atom. The molecule has 3 aromatic rings. The molecule has 10 heteroatoms. The van der Waals surface area contributed by atoms with Gasteiger partial charge in [-0.1, -0.05) is 6.07 Å². The van der Waals surface area contributed by atoms with Crippen molar-refractivity contribution in [3.8, 4) is 0 Å². The van der Waals surface area contributed by atoms with Crippen molar-refractivity contribution in [1.82, 2.24) is 15.2 Å². The van der Waals surface area contributed by atoms with E-state index in [1.807, 2.05) is 30.5 Å². The van der Waals surface area contributed by atoms with E-state index in [0.717, 1.165) is 62.3 Å². The summed E-state index contributed by atoms with van der Waals surface area (Å²) in [5, 5.41) is 7.26. The normalized spacial score (nSPS) is 14.7. The number of H-pyrrole nitrogens is 1. The zero-order chi connectivity index (χ0) is 23.3. The SMILES string of the molecule is Cl.Cl.O=C(NCCCCN1CCC(Nc2cccc(C(F)(F)F)c2)CC1)c1ccc2[nH]ccc2c1. The van der Waals surface area contributed by atoms with Crippen molar-refractivity contribution in [1.29, 1.82) is 0 Å². The highest BCUT2D eigenvalue weighted by Gasteiger charge is 2.30. The number of hydrogen-bond donors (Lipinski definition) is 3. The number of hydrogen-bond acceptors (Lipinski definition) is 3. The van der Waals surface area contributed by atoms with Crippen molar-refractivity contribution >= 4 is 47.3 Å². The number of halogens is 5. The molecule has 1 aliphatic rings. The smallest absolute Gasteiger partial charge is 0.382 e. The van der Waals surface area contributed by atoms with Crippen LogP contribution in [0, 0.1) is 0 Å². The van der Waals surface area contributed by atoms with Crippen LogP contribution in [0.1, 0.15) is 41.6 Å². The van der Waals surface area contributed by atoms with Crippen molar-refractivity contribution in [3.63, 3.8) is 0 Å². The monoisotopic (exact) mass is 530 g/mol. The fraction of sp³-hybridized carbons (Fsp3) is 0.400. The van der Waals surface area contributed by atoms with E-state index in [-0.39, 0.29) is 36.8 Å². The Labute approximate surface area is 215 Å². The summed E-state index contributed by atoms with van der Waals surface area (Å²) < 4.78 is 38.7. The minimum atomic E-state index is -4.32. The van der Waals surface area contributed by atoms with Gasteiger partial charge in [0.2, 0.25) is 0 Å². The first kappa shape index (κ1) is 28.8. The van der Waals surface area contributed by atoms with Gasteiger partial charge >= 0.3 is 6.18 Å². The number of alkyl halides is 3. The van der Waals surface area contributed by atoms with Crippen LogP contribution in [-0.2, 0) is 6.18 Å². The molecule has 0 aliphatic carbocycles. The third kappa shape index (κ3) is 8.05. The lowest BCUT2D eigenvalue weighted by Crippen LogP contribution is -2.39. The van der Waals surface area contributed by atoms with E-state index in [0.29, 0.717) is 17.8 Å². The molecule has 1 aromatic heterocycles. The fourth-order valence-electron chi connectivity index (χ4n) is 4.28. The Kier molecular flexibility index (Phi) is 10.7. The van der Waals surface area contributed by atoms with E-state index < -0.39 is 11.7 Å². The van der Waals surface area contributed by atoms with Gasteiger partial charge in [-0.3, -0.25) is 4.79 Å². The molecule has 4 rings (SSSR count). The number of piperidine rings is 1. The zero-order valence-corrected chi connectivity index (χ0v) is 20.9. The molecular formula is C25H31Cl2F3N4O. The summed E-state index contributed by atoms with van der Waals surface area (Å²) in [5.41, 5.74) is 1.58. The number of amides is 1. The number of likely N-dealkylation sites (tertiary alicyclic amines) is 1. The first-order valence-corrected chi connectivity index (χ1v) is 11.4. The van der Waals surface area contributed by atoms with Crippen LogP contribution in [0.5, 0.6) is 0 Å². The minimum Gasteiger partial charge on any atom is -0.382 e. The minimum absolute atomic E-state index is 0. The maximum Gasteiger partial charge on any atom is 0.416 e. The molecule has 1 amide bonds. The number of aromatic amines is 1. The van der Waals surface area contributed by atoms with Gasteiger partial charge in [-0.2, -0.15) is 13.2 Å². The molecule has 1 fully saturated rings. The third-order valence-corrected chi connectivity index (χ3v) is 6.15. The standard InChI is InChI=1S/C25H29F3N4O.2ClH/c26-25(27,28)20-4-3-5-22(17-20)31-21-9-14-32(15-10-21)13-2-1-11-30-24(33)19-6-7-23-18(16-19)8-12-29-23;;/h3-8,12,16-17,21,29,31H,1-2,9-11,13-15H2,(H,30,33);2*1H. The molecule has 0 saturated carbocycles. The Morgan fingerprint density at radius 1 is 1.03 bits per heavy atom. The molecular weight excluding hydrogens is 500 g/mol. The second-order valence-corrected chi connectivity index (χ2v) is 8.58. The summed E-state index contributed by atoms with van der Waals surface area (Å²) in [4.78, 5) is 17.8. The molecule has 1 aliphatic heterocycles. The number of anilines is 1. The summed E-state index contributed by atoms with van der Waals surface area (Å²) >= 11 is 0. The summed E-state index contributed by atoms with van der Waals surface area (Å²) in [6, 6.07) is 13.2. The molecule has 192 valence electrons. The van der Waals surface area contributed by atoms with Gasteiger partial charge in [-0.25, -0.2) is 0 Å². The van der Waals surface area contributed by atoms with Crippen LogP contribution < -0.4 is 10.6 Å². The number of nitrogens with one attached hydrogen (secondary N) is 3. The maximum atomic E-state index is 12.9. The number of rotatable bonds is 8. The van der Waals surface area contributed by atoms with E-state index in [1.165, 1.54) is 12.1 Å². The molecule has 2 heterocycles. The zero-order valence-electron chi connectivity index (χ0n) is 19.2. The van der Waals surface area contributed by atoms with Crippen LogP contribution in [-0.4, -0.2) is 48.0 Å². The summed E-state index contributed by atoms with van der Waals surface area (Å²) in [5.74, 6) is -0.0559. The van der Waals surface area contributed by atoms with Crippen molar-refractivity contribution in [3.05, 3.63) is 65.9 Å². The Balaban J connectivity index is 0.00000216. The predicted octanol–water partition coefficient (Wildman–Crippen LogP) is 6.12. The van der Waals surface area contributed by atoms with Gasteiger partial charge in [0.05, 0.1) is 5.56 Å². The average molecular weight is 531 g/mol. The van der Waals surface area contributed by atoms with E-state index in [1.54, 1.807) is 6.07 Å². The molecule has 5 nitrogen and oxygen atoms in total. The van der Waals surface area contributed by atoms with Gasteiger partial charge in [0.1, 0.15) is 0 Å². The van der Waals surface area contributed by atoms with Gasteiger partial charge in [0.15, 0.2) is 0 Å². The van der Waals surface area contributed by atoms with E-state index in [4.69, 9.17) is 0 Å². The van der Waals surface area contributed by atoms with Gasteiger partial charge in [-0.15, -0.1) is 24.8 Å². The summed E-state index contributed by atoms with van der Waals surface area (Å²) in [6.45, 7) is 3.43. The van der Waals surface area contributed by atoms with Crippen LogP contribution in [0.25, 0.3) is 10.9 Å². The molecule has 0 spiro atoms. The average Bonchev–Trinajstić information content (AvgIpc) is 3.27. The van der Waals surface area contributed by atoms with Crippen LogP contribution in [0.2, 0.25) is 0 Å². The second-order valence-electron chi connectivity index (χ2n) is 8.58. The van der Waals surface area contributed by atoms with Gasteiger partial charge < -0.3 is 20.5 Å². The number of aromatic nitrogens is 1. The fourth-order valence-corrected chi connectivity index (χ4v) is 4.28. The Bertz CT molecular complexity index is 1080. The van der Waals surface area contributed by atoms with Crippen LogP contribution >= 0.6 is 24.8 Å². The number of fused-ring (bicyclic) bond motifs is 1. The van der Waals surface area contributed by atoms with Crippen LogP contribution in [0.15, 0.2) is 54.7 Å². The summed E-state index contributed by atoms with van der Waals surface area (Å²) in [6.07, 6.45) is 1.22. The lowest BCUT2D eigenvalue weighted by atomic mass is 10.0. The maximum absolute atomic E-state index is 12.9. The summed E-state index contributed by atoms with van der Waals surface area (Å²) in [7, 11) is 0. The Hall–Kier alpha value is -2.42. The lowest BCUT2D eigenvalue weighted by molar-refractivity contribution is -0.137. The van der Waals surface area contributed by atoms with E-state index in [9.17, 15) is 18.0 Å². The van der Waals surface area contributed by atoms with Crippen molar-refractivity contribution in [2.75, 3.05) is 31.5 Å². The molecule has 0 radical (unpaired) electrons. The molecule has 1 saturated heterocycles. The van der Waals surface area contributed by atoms with Crippen molar-refractivity contribution in [2.45, 2.75) is 37.9 Å². The quantitative estimate of drug-likeness (QED) is 0.307. The van der Waals surface area contributed by atoms with E-state index in [2.05, 4.69) is 20.5 Å². The highest BCUT2D eigenvalue weighted by Crippen LogP contribution is 2.31. The highest BCUT2D eigenvalue weighted by molar-refractivity contribution is 5.98. The van der Waals surface area contributed by atoms with Crippen molar-refractivity contribution in [2.24, 2.45) is 0 Å².